The maximum Gasteiger partial charge on any atom is 0.111 e. The summed E-state index contributed by atoms with van der Waals surface area (Å²) in [6.45, 7) is 9.85. The van der Waals surface area contributed by atoms with Gasteiger partial charge in [-0.15, -0.1) is 11.6 Å². The molecule has 110 valence electrons. The van der Waals surface area contributed by atoms with Gasteiger partial charge in [0, 0.05) is 18.9 Å². The molecule has 0 spiro atoms. The quantitative estimate of drug-likeness (QED) is 0.755. The lowest BCUT2D eigenvalue weighted by Gasteiger charge is -2.26. The summed E-state index contributed by atoms with van der Waals surface area (Å²) in [6.07, 6.45) is 0.775. The highest BCUT2D eigenvalue weighted by Gasteiger charge is 2.22. The summed E-state index contributed by atoms with van der Waals surface area (Å²) in [5.41, 5.74) is 3.22. The zero-order valence-corrected chi connectivity index (χ0v) is 13.5. The van der Waals surface area contributed by atoms with Crippen molar-refractivity contribution in [1.82, 2.24) is 9.55 Å². The molecule has 0 aliphatic rings. The average molecular weight is 295 g/mol. The number of hydrogen-bond donors (Lipinski definition) is 0. The number of aryl methyl sites for hydroxylation is 2. The van der Waals surface area contributed by atoms with E-state index < -0.39 is 0 Å². The number of alkyl halides is 1. The molecular formula is C16H23ClN2O. The van der Waals surface area contributed by atoms with Crippen LogP contribution >= 0.6 is 11.6 Å². The van der Waals surface area contributed by atoms with Crippen molar-refractivity contribution in [2.75, 3.05) is 12.5 Å². The first kappa shape index (κ1) is 15.3. The van der Waals surface area contributed by atoms with Gasteiger partial charge in [-0.3, -0.25) is 0 Å². The van der Waals surface area contributed by atoms with Gasteiger partial charge < -0.3 is 9.30 Å². The van der Waals surface area contributed by atoms with E-state index >= 15 is 0 Å². The fraction of sp³-hybridized carbons (Fsp3) is 0.562. The van der Waals surface area contributed by atoms with Gasteiger partial charge in [0.2, 0.25) is 0 Å². The van der Waals surface area contributed by atoms with Crippen molar-refractivity contribution in [2.45, 2.75) is 46.3 Å². The number of benzene rings is 1. The molecule has 0 bridgehead atoms. The third-order valence-electron chi connectivity index (χ3n) is 3.37. The van der Waals surface area contributed by atoms with E-state index in [1.807, 2.05) is 6.92 Å². The van der Waals surface area contributed by atoms with Gasteiger partial charge in [-0.2, -0.15) is 0 Å². The first-order chi connectivity index (χ1) is 9.46. The Morgan fingerprint density at radius 2 is 2.10 bits per heavy atom. The van der Waals surface area contributed by atoms with Crippen LogP contribution in [0.4, 0.5) is 0 Å². The van der Waals surface area contributed by atoms with Crippen molar-refractivity contribution in [1.29, 1.82) is 0 Å². The van der Waals surface area contributed by atoms with Crippen molar-refractivity contribution in [3.8, 4) is 0 Å². The number of ether oxygens (including phenoxy) is 1. The summed E-state index contributed by atoms with van der Waals surface area (Å²) < 4.78 is 8.08. The zero-order chi connectivity index (χ0) is 14.8. The van der Waals surface area contributed by atoms with E-state index in [1.165, 1.54) is 5.56 Å². The van der Waals surface area contributed by atoms with E-state index in [-0.39, 0.29) is 5.60 Å². The van der Waals surface area contributed by atoms with Crippen LogP contribution in [0, 0.1) is 6.92 Å². The Hall–Kier alpha value is -1.06. The molecule has 0 atom stereocenters. The zero-order valence-electron chi connectivity index (χ0n) is 12.7. The SMILES string of the molecule is CCOC(C)(C)Cn1c(CCCl)nc2ccc(C)cc21. The molecule has 1 aromatic carbocycles. The molecule has 3 nitrogen and oxygen atoms in total. The average Bonchev–Trinajstić information content (AvgIpc) is 2.67. The molecule has 1 heterocycles. The van der Waals surface area contributed by atoms with Gasteiger partial charge in [0.05, 0.1) is 23.2 Å². The maximum absolute atomic E-state index is 5.91. The fourth-order valence-electron chi connectivity index (χ4n) is 2.55. The monoisotopic (exact) mass is 294 g/mol. The molecule has 4 heteroatoms. The Kier molecular flexibility index (Phi) is 4.71. The fourth-order valence-corrected chi connectivity index (χ4v) is 2.72. The van der Waals surface area contributed by atoms with Crippen LogP contribution in [0.3, 0.4) is 0 Å². The number of hydrogen-bond acceptors (Lipinski definition) is 2. The van der Waals surface area contributed by atoms with Crippen LogP contribution in [0.15, 0.2) is 18.2 Å². The van der Waals surface area contributed by atoms with Crippen molar-refractivity contribution in [3.63, 3.8) is 0 Å². The predicted octanol–water partition coefficient (Wildman–Crippen LogP) is 3.94. The third kappa shape index (κ3) is 3.33. The number of imidazole rings is 1. The Morgan fingerprint density at radius 1 is 1.35 bits per heavy atom. The molecule has 1 aromatic heterocycles. The first-order valence-electron chi connectivity index (χ1n) is 7.12. The second-order valence-corrected chi connectivity index (χ2v) is 6.12. The van der Waals surface area contributed by atoms with E-state index in [9.17, 15) is 0 Å². The molecule has 0 unspecified atom stereocenters. The molecule has 0 N–H and O–H groups in total. The van der Waals surface area contributed by atoms with Gasteiger partial charge in [0.15, 0.2) is 0 Å². The summed E-state index contributed by atoms with van der Waals surface area (Å²) in [6, 6.07) is 6.35. The van der Waals surface area contributed by atoms with E-state index in [0.717, 1.165) is 29.8 Å². The minimum absolute atomic E-state index is 0.215. The molecule has 20 heavy (non-hydrogen) atoms. The molecule has 0 saturated carbocycles. The van der Waals surface area contributed by atoms with Crippen LogP contribution < -0.4 is 0 Å². The Balaban J connectivity index is 2.47. The molecule has 2 rings (SSSR count). The highest BCUT2D eigenvalue weighted by molar-refractivity contribution is 6.17. The highest BCUT2D eigenvalue weighted by Crippen LogP contribution is 2.22. The van der Waals surface area contributed by atoms with Gasteiger partial charge >= 0.3 is 0 Å². The van der Waals surface area contributed by atoms with Gasteiger partial charge in [-0.1, -0.05) is 6.07 Å². The van der Waals surface area contributed by atoms with Crippen molar-refractivity contribution >= 4 is 22.6 Å². The second-order valence-electron chi connectivity index (χ2n) is 5.74. The van der Waals surface area contributed by atoms with Gasteiger partial charge in [0.25, 0.3) is 0 Å². The van der Waals surface area contributed by atoms with Crippen LogP contribution in [-0.4, -0.2) is 27.6 Å². The minimum Gasteiger partial charge on any atom is -0.374 e. The number of fused-ring (bicyclic) bond motifs is 1. The smallest absolute Gasteiger partial charge is 0.111 e. The van der Waals surface area contributed by atoms with E-state index in [0.29, 0.717) is 12.5 Å². The lowest BCUT2D eigenvalue weighted by atomic mass is 10.1. The van der Waals surface area contributed by atoms with Crippen LogP contribution in [0.2, 0.25) is 0 Å². The van der Waals surface area contributed by atoms with Crippen LogP contribution in [0.25, 0.3) is 11.0 Å². The summed E-state index contributed by atoms with van der Waals surface area (Å²) in [4.78, 5) is 4.71. The van der Waals surface area contributed by atoms with E-state index in [4.69, 9.17) is 21.3 Å². The van der Waals surface area contributed by atoms with Crippen LogP contribution in [0.5, 0.6) is 0 Å². The highest BCUT2D eigenvalue weighted by atomic mass is 35.5. The molecular weight excluding hydrogens is 272 g/mol. The molecule has 0 amide bonds. The minimum atomic E-state index is -0.215. The van der Waals surface area contributed by atoms with Crippen LogP contribution in [0.1, 0.15) is 32.2 Å². The normalized spacial score (nSPS) is 12.2. The Labute approximate surface area is 125 Å². The summed E-state index contributed by atoms with van der Waals surface area (Å²) in [7, 11) is 0. The number of aromatic nitrogens is 2. The molecule has 0 aliphatic carbocycles. The van der Waals surface area contributed by atoms with Crippen LogP contribution in [-0.2, 0) is 17.7 Å². The van der Waals surface area contributed by atoms with E-state index in [1.54, 1.807) is 0 Å². The summed E-state index contributed by atoms with van der Waals surface area (Å²) in [5, 5.41) is 0. The molecule has 0 aliphatic heterocycles. The lowest BCUT2D eigenvalue weighted by Crippen LogP contribution is -2.31. The molecule has 2 aromatic rings. The van der Waals surface area contributed by atoms with Gasteiger partial charge in [-0.05, 0) is 45.4 Å². The summed E-state index contributed by atoms with van der Waals surface area (Å²) >= 11 is 5.91. The van der Waals surface area contributed by atoms with Gasteiger partial charge in [-0.25, -0.2) is 4.98 Å². The Bertz CT molecular complexity index is 589. The third-order valence-corrected chi connectivity index (χ3v) is 3.56. The van der Waals surface area contributed by atoms with Gasteiger partial charge in [0.1, 0.15) is 5.82 Å². The van der Waals surface area contributed by atoms with Crippen molar-refractivity contribution in [2.24, 2.45) is 0 Å². The number of halogens is 1. The molecule has 0 saturated heterocycles. The number of rotatable bonds is 6. The lowest BCUT2D eigenvalue weighted by molar-refractivity contribution is -0.0221. The maximum atomic E-state index is 5.91. The number of nitrogens with zero attached hydrogens (tertiary/aromatic N) is 2. The second kappa shape index (κ2) is 6.15. The standard InChI is InChI=1S/C16H23ClN2O/c1-5-20-16(3,4)11-19-14-10-12(2)6-7-13(14)18-15(19)8-9-17/h6-7,10H,5,8-9,11H2,1-4H3. The van der Waals surface area contributed by atoms with E-state index in [2.05, 4.69) is 43.5 Å². The van der Waals surface area contributed by atoms with Crippen molar-refractivity contribution < 1.29 is 4.74 Å². The largest absolute Gasteiger partial charge is 0.374 e. The summed E-state index contributed by atoms with van der Waals surface area (Å²) in [5.74, 6) is 1.62. The van der Waals surface area contributed by atoms with Crippen molar-refractivity contribution in [3.05, 3.63) is 29.6 Å². The molecule has 0 fully saturated rings. The predicted molar refractivity (Wildman–Crippen MR) is 84.6 cm³/mol. The topological polar surface area (TPSA) is 27.1 Å². The first-order valence-corrected chi connectivity index (χ1v) is 7.66. The Morgan fingerprint density at radius 3 is 2.75 bits per heavy atom. The molecule has 0 radical (unpaired) electrons.